The molecule has 1 aliphatic rings. The highest BCUT2D eigenvalue weighted by molar-refractivity contribution is 7.89. The molecule has 1 saturated heterocycles. The molecule has 1 fully saturated rings. The van der Waals surface area contributed by atoms with E-state index in [-0.39, 0.29) is 12.4 Å². The first kappa shape index (κ1) is 15.4. The van der Waals surface area contributed by atoms with Crippen molar-refractivity contribution in [2.24, 2.45) is 0 Å². The normalized spacial score (nSPS) is 18.6. The predicted molar refractivity (Wildman–Crippen MR) is 71.4 cm³/mol. The van der Waals surface area contributed by atoms with E-state index >= 15 is 0 Å². The highest BCUT2D eigenvalue weighted by atomic mass is 35.5. The van der Waals surface area contributed by atoms with Crippen LogP contribution in [0.5, 0.6) is 0 Å². The van der Waals surface area contributed by atoms with E-state index in [1.807, 2.05) is 7.05 Å². The molecule has 6 nitrogen and oxygen atoms in total. The molecule has 2 N–H and O–H groups in total. The molecule has 0 unspecified atom stereocenters. The van der Waals surface area contributed by atoms with Crippen LogP contribution in [-0.4, -0.2) is 49.1 Å². The van der Waals surface area contributed by atoms with Crippen LogP contribution in [0.15, 0.2) is 11.1 Å². The van der Waals surface area contributed by atoms with E-state index in [1.165, 1.54) is 6.20 Å². The summed E-state index contributed by atoms with van der Waals surface area (Å²) >= 11 is 0. The molecule has 18 heavy (non-hydrogen) atoms. The number of aryl methyl sites for hydroxylation is 1. The van der Waals surface area contributed by atoms with Gasteiger partial charge in [0.25, 0.3) is 0 Å². The van der Waals surface area contributed by atoms with Crippen molar-refractivity contribution in [2.45, 2.75) is 30.7 Å². The van der Waals surface area contributed by atoms with Crippen LogP contribution < -0.4 is 5.32 Å². The summed E-state index contributed by atoms with van der Waals surface area (Å²) in [6, 6.07) is 0.423. The number of nitrogens with one attached hydrogen (secondary N) is 2. The Labute approximate surface area is 114 Å². The minimum absolute atomic E-state index is 0. The lowest BCUT2D eigenvalue weighted by atomic mass is 10.1. The minimum Gasteiger partial charge on any atom is -0.317 e. The van der Waals surface area contributed by atoms with Crippen molar-refractivity contribution in [1.82, 2.24) is 19.8 Å². The van der Waals surface area contributed by atoms with Gasteiger partial charge in [0.1, 0.15) is 4.90 Å². The Morgan fingerprint density at radius 1 is 1.44 bits per heavy atom. The van der Waals surface area contributed by atoms with E-state index in [0.717, 1.165) is 12.8 Å². The molecule has 0 atom stereocenters. The third-order valence-electron chi connectivity index (χ3n) is 3.26. The van der Waals surface area contributed by atoms with Crippen LogP contribution in [0.25, 0.3) is 0 Å². The second-order valence-electron chi connectivity index (χ2n) is 4.33. The van der Waals surface area contributed by atoms with Gasteiger partial charge < -0.3 is 5.32 Å². The highest BCUT2D eigenvalue weighted by Crippen LogP contribution is 2.21. The SMILES string of the molecule is CNC1CCN(S(=O)(=O)c2cn[nH]c2C)CC1.Cl. The van der Waals surface area contributed by atoms with Crippen molar-refractivity contribution >= 4 is 22.4 Å². The van der Waals surface area contributed by atoms with Crippen molar-refractivity contribution in [1.29, 1.82) is 0 Å². The number of aromatic amines is 1. The van der Waals surface area contributed by atoms with Crippen molar-refractivity contribution < 1.29 is 8.42 Å². The average molecular weight is 295 g/mol. The molecule has 2 rings (SSSR count). The maximum absolute atomic E-state index is 12.3. The molecule has 0 radical (unpaired) electrons. The Bertz CT molecular complexity index is 480. The largest absolute Gasteiger partial charge is 0.317 e. The van der Waals surface area contributed by atoms with Gasteiger partial charge in [0.2, 0.25) is 10.0 Å². The number of hydrogen-bond acceptors (Lipinski definition) is 4. The number of sulfonamides is 1. The van der Waals surface area contributed by atoms with Gasteiger partial charge in [-0.25, -0.2) is 8.42 Å². The van der Waals surface area contributed by atoms with Gasteiger partial charge in [-0.1, -0.05) is 0 Å². The Kier molecular flexibility index (Phi) is 5.15. The lowest BCUT2D eigenvalue weighted by molar-refractivity contribution is 0.298. The topological polar surface area (TPSA) is 78.1 Å². The summed E-state index contributed by atoms with van der Waals surface area (Å²) in [5.74, 6) is 0. The lowest BCUT2D eigenvalue weighted by Gasteiger charge is -2.30. The fraction of sp³-hybridized carbons (Fsp3) is 0.700. The first-order valence-electron chi connectivity index (χ1n) is 5.73. The summed E-state index contributed by atoms with van der Waals surface area (Å²) in [7, 11) is -1.46. The molecule has 1 aliphatic heterocycles. The van der Waals surface area contributed by atoms with E-state index in [4.69, 9.17) is 0 Å². The number of aromatic nitrogens is 2. The third-order valence-corrected chi connectivity index (χ3v) is 5.28. The Morgan fingerprint density at radius 3 is 2.50 bits per heavy atom. The summed E-state index contributed by atoms with van der Waals surface area (Å²) < 4.78 is 26.2. The molecule has 0 aromatic carbocycles. The smallest absolute Gasteiger partial charge is 0.246 e. The third kappa shape index (κ3) is 2.85. The molecule has 2 heterocycles. The molecule has 0 bridgehead atoms. The second-order valence-corrected chi connectivity index (χ2v) is 6.23. The van der Waals surface area contributed by atoms with Gasteiger partial charge in [-0.05, 0) is 26.8 Å². The van der Waals surface area contributed by atoms with E-state index in [1.54, 1.807) is 11.2 Å². The van der Waals surface area contributed by atoms with Gasteiger partial charge in [0, 0.05) is 19.1 Å². The lowest BCUT2D eigenvalue weighted by Crippen LogP contribution is -2.43. The van der Waals surface area contributed by atoms with Gasteiger partial charge in [0.15, 0.2) is 0 Å². The van der Waals surface area contributed by atoms with Crippen molar-refractivity contribution in [3.63, 3.8) is 0 Å². The maximum Gasteiger partial charge on any atom is 0.246 e. The van der Waals surface area contributed by atoms with Crippen LogP contribution in [0.4, 0.5) is 0 Å². The Morgan fingerprint density at radius 2 is 2.06 bits per heavy atom. The molecule has 8 heteroatoms. The summed E-state index contributed by atoms with van der Waals surface area (Å²) in [6.45, 7) is 2.86. The van der Waals surface area contributed by atoms with Gasteiger partial charge in [-0.3, -0.25) is 5.10 Å². The van der Waals surface area contributed by atoms with Crippen molar-refractivity contribution in [3.8, 4) is 0 Å². The number of halogens is 1. The van der Waals surface area contributed by atoms with E-state index < -0.39 is 10.0 Å². The van der Waals surface area contributed by atoms with Crippen LogP contribution >= 0.6 is 12.4 Å². The van der Waals surface area contributed by atoms with E-state index in [2.05, 4.69) is 15.5 Å². The van der Waals surface area contributed by atoms with Crippen molar-refractivity contribution in [2.75, 3.05) is 20.1 Å². The number of piperidine rings is 1. The molecule has 0 spiro atoms. The molecule has 104 valence electrons. The number of rotatable bonds is 3. The van der Waals surface area contributed by atoms with Gasteiger partial charge >= 0.3 is 0 Å². The zero-order valence-electron chi connectivity index (χ0n) is 10.5. The molecule has 0 aliphatic carbocycles. The van der Waals surface area contributed by atoms with Gasteiger partial charge in [-0.2, -0.15) is 9.40 Å². The van der Waals surface area contributed by atoms with Gasteiger partial charge in [0.05, 0.1) is 11.9 Å². The fourth-order valence-electron chi connectivity index (χ4n) is 2.12. The Hall–Kier alpha value is -0.630. The first-order valence-corrected chi connectivity index (χ1v) is 7.17. The summed E-state index contributed by atoms with van der Waals surface area (Å²) in [5.41, 5.74) is 0.598. The van der Waals surface area contributed by atoms with Gasteiger partial charge in [-0.15, -0.1) is 12.4 Å². The highest BCUT2D eigenvalue weighted by Gasteiger charge is 2.30. The van der Waals surface area contributed by atoms with Crippen molar-refractivity contribution in [3.05, 3.63) is 11.9 Å². The van der Waals surface area contributed by atoms with Crippen LogP contribution in [-0.2, 0) is 10.0 Å². The summed E-state index contributed by atoms with van der Waals surface area (Å²) in [6.07, 6.45) is 3.09. The molecule has 0 saturated carbocycles. The minimum atomic E-state index is -3.37. The van der Waals surface area contributed by atoms with Crippen LogP contribution in [0.2, 0.25) is 0 Å². The quantitative estimate of drug-likeness (QED) is 0.851. The molecule has 1 aromatic heterocycles. The maximum atomic E-state index is 12.3. The fourth-order valence-corrected chi connectivity index (χ4v) is 3.71. The standard InChI is InChI=1S/C10H18N4O2S.ClH/c1-8-10(7-12-13-8)17(15,16)14-5-3-9(11-2)4-6-14;/h7,9,11H,3-6H2,1-2H3,(H,12,13);1H. The zero-order valence-corrected chi connectivity index (χ0v) is 12.1. The number of hydrogen-bond donors (Lipinski definition) is 2. The van der Waals surface area contributed by atoms with E-state index in [0.29, 0.717) is 29.7 Å². The molecule has 1 aromatic rings. The van der Waals surface area contributed by atoms with Crippen LogP contribution in [0.1, 0.15) is 18.5 Å². The predicted octanol–water partition coefficient (Wildman–Crippen LogP) is 0.512. The second kappa shape index (κ2) is 6.01. The van der Waals surface area contributed by atoms with Crippen LogP contribution in [0, 0.1) is 6.92 Å². The first-order chi connectivity index (χ1) is 8.05. The molecular weight excluding hydrogens is 276 g/mol. The van der Waals surface area contributed by atoms with E-state index in [9.17, 15) is 8.42 Å². The number of H-pyrrole nitrogens is 1. The molecular formula is C10H19ClN4O2S. The zero-order chi connectivity index (χ0) is 12.5. The summed E-state index contributed by atoms with van der Waals surface area (Å²) in [4.78, 5) is 0.292. The molecule has 0 amide bonds. The Balaban J connectivity index is 0.00000162. The average Bonchev–Trinajstić information content (AvgIpc) is 2.76. The van der Waals surface area contributed by atoms with Crippen LogP contribution in [0.3, 0.4) is 0 Å². The number of nitrogens with zero attached hydrogens (tertiary/aromatic N) is 2. The summed E-state index contributed by atoms with van der Waals surface area (Å²) in [5, 5.41) is 9.62. The monoisotopic (exact) mass is 294 g/mol.